The summed E-state index contributed by atoms with van der Waals surface area (Å²) in [5, 5.41) is 0. The summed E-state index contributed by atoms with van der Waals surface area (Å²) >= 11 is -1.66. The van der Waals surface area contributed by atoms with Crippen LogP contribution in [0.4, 0.5) is 0 Å². The Morgan fingerprint density at radius 2 is 1.14 bits per heavy atom. The van der Waals surface area contributed by atoms with Gasteiger partial charge in [-0.2, -0.15) is 0 Å². The molecule has 4 heteroatoms. The zero-order valence-corrected chi connectivity index (χ0v) is 8.08. The molecule has 0 saturated carbocycles. The van der Waals surface area contributed by atoms with Gasteiger partial charge in [-0.25, -0.2) is 0 Å². The van der Waals surface area contributed by atoms with Crippen LogP contribution in [0.3, 0.4) is 0 Å². The molecule has 7 heavy (non-hydrogen) atoms. The number of rotatable bonds is 0. The molecule has 0 aliphatic rings. The molecule has 0 aromatic rings. The van der Waals surface area contributed by atoms with Gasteiger partial charge in [-0.3, -0.25) is 0 Å². The minimum absolute atomic E-state index is 1.25. The molecule has 0 fully saturated rings. The topological polar surface area (TPSA) is 0 Å². The Bertz CT molecular complexity index is 21.4. The van der Waals surface area contributed by atoms with Gasteiger partial charge in [0, 0.05) is 0 Å². The standard InChI is InChI=1S/C3H8.3ClH.Rh/c1-3-2;;;;/h3H2,1-2H3;3*1H;/q;;;;+3/p-3. The fourth-order valence-corrected chi connectivity index (χ4v) is 0. The van der Waals surface area contributed by atoms with Crippen LogP contribution in [0.2, 0.25) is 0 Å². The van der Waals surface area contributed by atoms with Crippen LogP contribution in [0, 0.1) is 0 Å². The maximum atomic E-state index is 4.94. The molecule has 0 radical (unpaired) electrons. The normalized spacial score (nSPS) is 9.00. The van der Waals surface area contributed by atoms with Crippen molar-refractivity contribution in [3.05, 3.63) is 0 Å². The van der Waals surface area contributed by atoms with Crippen LogP contribution in [-0.2, 0) is 13.0 Å². The van der Waals surface area contributed by atoms with Crippen LogP contribution < -0.4 is 0 Å². The van der Waals surface area contributed by atoms with E-state index in [0.29, 0.717) is 0 Å². The molecule has 0 unspecified atom stereocenters. The molecule has 0 aromatic heterocycles. The average molecular weight is 253 g/mol. The van der Waals surface area contributed by atoms with Crippen molar-refractivity contribution in [2.45, 2.75) is 20.3 Å². The second-order valence-electron chi connectivity index (χ2n) is 0.850. The van der Waals surface area contributed by atoms with E-state index in [1.807, 2.05) is 0 Å². The van der Waals surface area contributed by atoms with Crippen molar-refractivity contribution in [1.29, 1.82) is 0 Å². The van der Waals surface area contributed by atoms with Crippen LogP contribution in [-0.4, -0.2) is 0 Å². The Labute approximate surface area is 62.2 Å². The Morgan fingerprint density at radius 1 is 1.14 bits per heavy atom. The molecule has 0 spiro atoms. The fraction of sp³-hybridized carbons (Fsp3) is 1.00. The molecule has 0 heterocycles. The predicted octanol–water partition coefficient (Wildman–Crippen LogP) is 3.48. The fourth-order valence-electron chi connectivity index (χ4n) is 0. The van der Waals surface area contributed by atoms with Gasteiger partial charge in [0.2, 0.25) is 0 Å². The first-order valence-corrected chi connectivity index (χ1v) is 8.12. The Kier molecular flexibility index (Phi) is 16.9. The molecule has 0 nitrogen and oxygen atoms in total. The van der Waals surface area contributed by atoms with Crippen molar-refractivity contribution in [2.24, 2.45) is 0 Å². The summed E-state index contributed by atoms with van der Waals surface area (Å²) < 4.78 is 0. The van der Waals surface area contributed by atoms with Crippen LogP contribution >= 0.6 is 29.1 Å². The Hall–Kier alpha value is 1.49. The van der Waals surface area contributed by atoms with Crippen molar-refractivity contribution >= 4 is 29.1 Å². The van der Waals surface area contributed by atoms with Gasteiger partial charge < -0.3 is 0 Å². The molecule has 0 aromatic carbocycles. The summed E-state index contributed by atoms with van der Waals surface area (Å²) in [6.45, 7) is 4.25. The van der Waals surface area contributed by atoms with E-state index in [0.717, 1.165) is 0 Å². The van der Waals surface area contributed by atoms with E-state index in [4.69, 9.17) is 29.1 Å². The third kappa shape index (κ3) is 101. The van der Waals surface area contributed by atoms with Gasteiger partial charge in [-0.1, -0.05) is 20.3 Å². The van der Waals surface area contributed by atoms with E-state index < -0.39 is 13.0 Å². The zero-order valence-electron chi connectivity index (χ0n) is 4.17. The van der Waals surface area contributed by atoms with Crippen molar-refractivity contribution < 1.29 is 13.0 Å². The SMILES string of the molecule is CCC.[Cl][Rh]([Cl])[Cl]. The zero-order chi connectivity index (χ0) is 6.28. The molecule has 0 saturated heterocycles. The van der Waals surface area contributed by atoms with E-state index in [2.05, 4.69) is 13.8 Å². The summed E-state index contributed by atoms with van der Waals surface area (Å²) in [5.74, 6) is 0. The van der Waals surface area contributed by atoms with Crippen molar-refractivity contribution in [2.75, 3.05) is 0 Å². The number of hydrogen-bond acceptors (Lipinski definition) is 0. The van der Waals surface area contributed by atoms with Crippen molar-refractivity contribution in [3.63, 3.8) is 0 Å². The van der Waals surface area contributed by atoms with Gasteiger partial charge >= 0.3 is 42.1 Å². The average Bonchev–Trinajstić information content (AvgIpc) is 1.33. The molecule has 0 bridgehead atoms. The summed E-state index contributed by atoms with van der Waals surface area (Å²) in [5.41, 5.74) is 0. The van der Waals surface area contributed by atoms with E-state index in [1.54, 1.807) is 0 Å². The maximum absolute atomic E-state index is 4.94. The molecule has 0 N–H and O–H groups in total. The van der Waals surface area contributed by atoms with Crippen LogP contribution in [0.5, 0.6) is 0 Å². The van der Waals surface area contributed by atoms with Crippen LogP contribution in [0.1, 0.15) is 20.3 Å². The molecule has 0 aliphatic heterocycles. The Morgan fingerprint density at radius 3 is 1.14 bits per heavy atom. The van der Waals surface area contributed by atoms with Gasteiger partial charge in [-0.05, 0) is 0 Å². The van der Waals surface area contributed by atoms with Crippen LogP contribution in [0.15, 0.2) is 0 Å². The predicted molar refractivity (Wildman–Crippen MR) is 33.5 cm³/mol. The van der Waals surface area contributed by atoms with Crippen molar-refractivity contribution in [3.8, 4) is 0 Å². The molecule has 0 aliphatic carbocycles. The van der Waals surface area contributed by atoms with E-state index in [-0.39, 0.29) is 0 Å². The van der Waals surface area contributed by atoms with E-state index in [9.17, 15) is 0 Å². The minimum atomic E-state index is -1.66. The molecule has 50 valence electrons. The van der Waals surface area contributed by atoms with Gasteiger partial charge in [0.05, 0.1) is 0 Å². The second kappa shape index (κ2) is 10.5. The van der Waals surface area contributed by atoms with Gasteiger partial charge in [0.25, 0.3) is 0 Å². The summed E-state index contributed by atoms with van der Waals surface area (Å²) in [6, 6.07) is 0. The van der Waals surface area contributed by atoms with E-state index in [1.165, 1.54) is 6.42 Å². The monoisotopic (exact) mass is 252 g/mol. The van der Waals surface area contributed by atoms with Gasteiger partial charge in [0.1, 0.15) is 0 Å². The Balaban J connectivity index is 0. The number of hydrogen-bond donors (Lipinski definition) is 0. The molecule has 0 atom stereocenters. The van der Waals surface area contributed by atoms with Gasteiger partial charge in [0.15, 0.2) is 0 Å². The quantitative estimate of drug-likeness (QED) is 0.580. The molecular formula is C3H8Cl3Rh. The third-order valence-corrected chi connectivity index (χ3v) is 0. The number of halogens is 3. The van der Waals surface area contributed by atoms with Crippen LogP contribution in [0.25, 0.3) is 0 Å². The first-order chi connectivity index (χ1) is 3.15. The first kappa shape index (κ1) is 11.3. The first-order valence-electron chi connectivity index (χ1n) is 1.79. The van der Waals surface area contributed by atoms with Gasteiger partial charge in [-0.15, -0.1) is 0 Å². The second-order valence-corrected chi connectivity index (χ2v) is 8.31. The summed E-state index contributed by atoms with van der Waals surface area (Å²) in [7, 11) is 14.8. The molecule has 0 rings (SSSR count). The third-order valence-electron chi connectivity index (χ3n) is 0. The van der Waals surface area contributed by atoms with E-state index >= 15 is 0 Å². The summed E-state index contributed by atoms with van der Waals surface area (Å²) in [6.07, 6.45) is 1.25. The molecule has 0 amide bonds. The molecular weight excluding hydrogens is 245 g/mol. The van der Waals surface area contributed by atoms with Crippen molar-refractivity contribution in [1.82, 2.24) is 0 Å². The summed E-state index contributed by atoms with van der Waals surface area (Å²) in [4.78, 5) is 0.